The molecule has 0 aliphatic carbocycles. The predicted molar refractivity (Wildman–Crippen MR) is 85.9 cm³/mol. The lowest BCUT2D eigenvalue weighted by Crippen LogP contribution is -2.27. The first-order valence-electron chi connectivity index (χ1n) is 6.91. The highest BCUT2D eigenvalue weighted by Crippen LogP contribution is 2.20. The van der Waals surface area contributed by atoms with E-state index in [0.717, 1.165) is 11.0 Å². The van der Waals surface area contributed by atoms with Gasteiger partial charge in [0, 0.05) is 7.05 Å². The van der Waals surface area contributed by atoms with E-state index in [9.17, 15) is 8.42 Å². The van der Waals surface area contributed by atoms with Crippen LogP contribution in [0.25, 0.3) is 11.0 Å². The third kappa shape index (κ3) is 2.82. The summed E-state index contributed by atoms with van der Waals surface area (Å²) in [6.45, 7) is 0.0940. The van der Waals surface area contributed by atoms with Crippen molar-refractivity contribution in [3.8, 4) is 6.07 Å². The Hall–Kier alpha value is -2.69. The molecule has 2 aromatic carbocycles. The van der Waals surface area contributed by atoms with Gasteiger partial charge in [-0.25, -0.2) is 13.4 Å². The quantitative estimate of drug-likeness (QED) is 0.796. The SMILES string of the molecule is CN(Cc1nc2ccccc2[nH]1)S(=O)(=O)c1ccccc1C#N. The number of fused-ring (bicyclic) bond motifs is 1. The summed E-state index contributed by atoms with van der Waals surface area (Å²) in [5, 5.41) is 9.10. The van der Waals surface area contributed by atoms with E-state index >= 15 is 0 Å². The zero-order valence-electron chi connectivity index (χ0n) is 12.4. The molecule has 1 heterocycles. The van der Waals surface area contributed by atoms with E-state index in [4.69, 9.17) is 5.26 Å². The summed E-state index contributed by atoms with van der Waals surface area (Å²) in [5.74, 6) is 0.548. The van der Waals surface area contributed by atoms with Gasteiger partial charge in [-0.05, 0) is 24.3 Å². The number of benzene rings is 2. The molecular formula is C16H14N4O2S. The Bertz CT molecular complexity index is 969. The molecule has 3 aromatic rings. The molecule has 23 heavy (non-hydrogen) atoms. The molecule has 6 nitrogen and oxygen atoms in total. The molecule has 0 atom stereocenters. The van der Waals surface area contributed by atoms with E-state index in [1.165, 1.54) is 23.5 Å². The molecule has 3 rings (SSSR count). The first kappa shape index (κ1) is 15.2. The van der Waals surface area contributed by atoms with Gasteiger partial charge in [0.1, 0.15) is 11.9 Å². The van der Waals surface area contributed by atoms with Crippen molar-refractivity contribution < 1.29 is 8.42 Å². The maximum absolute atomic E-state index is 12.7. The third-order valence-electron chi connectivity index (χ3n) is 3.51. The Balaban J connectivity index is 1.92. The fourth-order valence-corrected chi connectivity index (χ4v) is 3.60. The highest BCUT2D eigenvalue weighted by Gasteiger charge is 2.24. The molecule has 0 saturated heterocycles. The topological polar surface area (TPSA) is 89.8 Å². The van der Waals surface area contributed by atoms with Gasteiger partial charge in [0.2, 0.25) is 10.0 Å². The fraction of sp³-hybridized carbons (Fsp3) is 0.125. The monoisotopic (exact) mass is 326 g/mol. The molecule has 0 radical (unpaired) electrons. The molecular weight excluding hydrogens is 312 g/mol. The van der Waals surface area contributed by atoms with Crippen molar-refractivity contribution in [3.05, 3.63) is 59.9 Å². The van der Waals surface area contributed by atoms with Crippen LogP contribution in [0, 0.1) is 11.3 Å². The second-order valence-electron chi connectivity index (χ2n) is 5.07. The van der Waals surface area contributed by atoms with Crippen LogP contribution in [0.2, 0.25) is 0 Å². The molecule has 0 fully saturated rings. The largest absolute Gasteiger partial charge is 0.341 e. The van der Waals surface area contributed by atoms with Crippen LogP contribution in [0.4, 0.5) is 0 Å². The van der Waals surface area contributed by atoms with Gasteiger partial charge in [-0.15, -0.1) is 0 Å². The van der Waals surface area contributed by atoms with Crippen molar-refractivity contribution in [2.24, 2.45) is 0 Å². The summed E-state index contributed by atoms with van der Waals surface area (Å²) in [5.41, 5.74) is 1.76. The minimum Gasteiger partial charge on any atom is -0.341 e. The second kappa shape index (κ2) is 5.83. The molecule has 0 unspecified atom stereocenters. The van der Waals surface area contributed by atoms with Crippen LogP contribution in [-0.2, 0) is 16.6 Å². The Morgan fingerprint density at radius 2 is 1.87 bits per heavy atom. The minimum absolute atomic E-state index is 0.00103. The molecule has 0 aliphatic heterocycles. The van der Waals surface area contributed by atoms with Gasteiger partial charge in [-0.3, -0.25) is 0 Å². The van der Waals surface area contributed by atoms with E-state index in [2.05, 4.69) is 9.97 Å². The van der Waals surface area contributed by atoms with Crippen LogP contribution in [0.5, 0.6) is 0 Å². The zero-order chi connectivity index (χ0) is 16.4. The summed E-state index contributed by atoms with van der Waals surface area (Å²) in [4.78, 5) is 7.47. The number of sulfonamides is 1. The molecule has 0 aliphatic rings. The number of aromatic nitrogens is 2. The number of imidazole rings is 1. The molecule has 0 saturated carbocycles. The maximum Gasteiger partial charge on any atom is 0.244 e. The summed E-state index contributed by atoms with van der Waals surface area (Å²) in [7, 11) is -2.30. The number of rotatable bonds is 4. The van der Waals surface area contributed by atoms with E-state index < -0.39 is 10.0 Å². The zero-order valence-corrected chi connectivity index (χ0v) is 13.2. The third-order valence-corrected chi connectivity index (χ3v) is 5.37. The molecule has 1 N–H and O–H groups in total. The number of H-pyrrole nitrogens is 1. The molecule has 7 heteroatoms. The molecule has 1 aromatic heterocycles. The number of hydrogen-bond acceptors (Lipinski definition) is 4. The number of aromatic amines is 1. The highest BCUT2D eigenvalue weighted by molar-refractivity contribution is 7.89. The summed E-state index contributed by atoms with van der Waals surface area (Å²) >= 11 is 0. The number of nitrogens with one attached hydrogen (secondary N) is 1. The number of para-hydroxylation sites is 2. The smallest absolute Gasteiger partial charge is 0.244 e. The number of nitriles is 1. The Kier molecular flexibility index (Phi) is 3.86. The lowest BCUT2D eigenvalue weighted by molar-refractivity contribution is 0.458. The van der Waals surface area contributed by atoms with Gasteiger partial charge in [-0.2, -0.15) is 9.57 Å². The van der Waals surface area contributed by atoms with Crippen LogP contribution in [0.15, 0.2) is 53.4 Å². The van der Waals surface area contributed by atoms with Crippen LogP contribution in [0.1, 0.15) is 11.4 Å². The lowest BCUT2D eigenvalue weighted by atomic mass is 10.2. The van der Waals surface area contributed by atoms with Crippen molar-refractivity contribution >= 4 is 21.1 Å². The first-order chi connectivity index (χ1) is 11.0. The highest BCUT2D eigenvalue weighted by atomic mass is 32.2. The van der Waals surface area contributed by atoms with E-state index in [0.29, 0.717) is 5.82 Å². The van der Waals surface area contributed by atoms with Crippen molar-refractivity contribution in [1.82, 2.24) is 14.3 Å². The van der Waals surface area contributed by atoms with Crippen LogP contribution < -0.4 is 0 Å². The van der Waals surface area contributed by atoms with Crippen molar-refractivity contribution in [2.45, 2.75) is 11.4 Å². The summed E-state index contributed by atoms with van der Waals surface area (Å²) < 4.78 is 26.5. The van der Waals surface area contributed by atoms with Gasteiger partial charge in [0.15, 0.2) is 0 Å². The fourth-order valence-electron chi connectivity index (χ4n) is 2.33. The van der Waals surface area contributed by atoms with Crippen LogP contribution >= 0.6 is 0 Å². The van der Waals surface area contributed by atoms with Gasteiger partial charge >= 0.3 is 0 Å². The standard InChI is InChI=1S/C16H14N4O2S/c1-20(11-16-18-13-7-3-4-8-14(13)19-16)23(21,22)15-9-5-2-6-12(15)10-17/h2-9H,11H2,1H3,(H,18,19). The van der Waals surface area contributed by atoms with Gasteiger partial charge in [0.05, 0.1) is 28.0 Å². The van der Waals surface area contributed by atoms with Crippen LogP contribution in [0.3, 0.4) is 0 Å². The normalized spacial score (nSPS) is 11.7. The predicted octanol–water partition coefficient (Wildman–Crippen LogP) is 2.26. The van der Waals surface area contributed by atoms with E-state index in [-0.39, 0.29) is 17.0 Å². The minimum atomic E-state index is -3.77. The number of hydrogen-bond donors (Lipinski definition) is 1. The van der Waals surface area contributed by atoms with E-state index in [1.54, 1.807) is 12.1 Å². The number of nitrogens with zero attached hydrogens (tertiary/aromatic N) is 3. The molecule has 0 bridgehead atoms. The Morgan fingerprint density at radius 1 is 1.17 bits per heavy atom. The average Bonchev–Trinajstić information content (AvgIpc) is 2.96. The second-order valence-corrected chi connectivity index (χ2v) is 7.08. The van der Waals surface area contributed by atoms with Crippen molar-refractivity contribution in [1.29, 1.82) is 5.26 Å². The molecule has 0 amide bonds. The first-order valence-corrected chi connectivity index (χ1v) is 8.35. The summed E-state index contributed by atoms with van der Waals surface area (Å²) in [6, 6.07) is 15.6. The average molecular weight is 326 g/mol. The Morgan fingerprint density at radius 3 is 2.61 bits per heavy atom. The maximum atomic E-state index is 12.7. The van der Waals surface area contributed by atoms with Crippen molar-refractivity contribution in [3.63, 3.8) is 0 Å². The van der Waals surface area contributed by atoms with E-state index in [1.807, 2.05) is 30.3 Å². The van der Waals surface area contributed by atoms with Gasteiger partial charge in [0.25, 0.3) is 0 Å². The molecule has 116 valence electrons. The van der Waals surface area contributed by atoms with Gasteiger partial charge < -0.3 is 4.98 Å². The van der Waals surface area contributed by atoms with Crippen LogP contribution in [-0.4, -0.2) is 29.7 Å². The molecule has 0 spiro atoms. The Labute approximate surface area is 134 Å². The lowest BCUT2D eigenvalue weighted by Gasteiger charge is -2.16. The van der Waals surface area contributed by atoms with Gasteiger partial charge in [-0.1, -0.05) is 24.3 Å². The van der Waals surface area contributed by atoms with Crippen molar-refractivity contribution in [2.75, 3.05) is 7.05 Å². The summed E-state index contributed by atoms with van der Waals surface area (Å²) in [6.07, 6.45) is 0.